The predicted molar refractivity (Wildman–Crippen MR) is 120 cm³/mol. The second kappa shape index (κ2) is 11.0. The molecule has 5 atom stereocenters. The lowest BCUT2D eigenvalue weighted by atomic mass is 9.86. The molecule has 170 valence electrons. The molecule has 3 rings (SSSR count). The van der Waals surface area contributed by atoms with E-state index in [9.17, 15) is 19.5 Å². The number of fused-ring (bicyclic) bond motifs is 1. The zero-order valence-corrected chi connectivity index (χ0v) is 19.0. The smallest absolute Gasteiger partial charge is 0.407 e. The second-order valence-electron chi connectivity index (χ2n) is 8.29. The summed E-state index contributed by atoms with van der Waals surface area (Å²) < 4.78 is 5.22. The Balaban J connectivity index is 1.70. The molecule has 2 aliphatic heterocycles. The van der Waals surface area contributed by atoms with Crippen LogP contribution in [0.3, 0.4) is 0 Å². The lowest BCUT2D eigenvalue weighted by molar-refractivity contribution is -0.146. The number of ether oxygens (including phenoxy) is 1. The van der Waals surface area contributed by atoms with E-state index in [2.05, 4.69) is 5.32 Å². The Kier molecular flexibility index (Phi) is 8.37. The van der Waals surface area contributed by atoms with Crippen LogP contribution in [0.1, 0.15) is 32.3 Å². The van der Waals surface area contributed by atoms with Crippen molar-refractivity contribution < 1.29 is 24.2 Å². The molecule has 2 saturated heterocycles. The van der Waals surface area contributed by atoms with Crippen molar-refractivity contribution in [1.82, 2.24) is 10.2 Å². The molecule has 7 nitrogen and oxygen atoms in total. The van der Waals surface area contributed by atoms with Gasteiger partial charge in [0, 0.05) is 12.5 Å². The first kappa shape index (κ1) is 23.6. The normalized spacial score (nSPS) is 24.8. The van der Waals surface area contributed by atoms with Crippen LogP contribution in [0.25, 0.3) is 0 Å². The molecule has 0 bridgehead atoms. The molecule has 2 N–H and O–H groups in total. The number of nitrogens with one attached hydrogen (secondary N) is 1. The van der Waals surface area contributed by atoms with Crippen LogP contribution < -0.4 is 5.32 Å². The summed E-state index contributed by atoms with van der Waals surface area (Å²) in [4.78, 5) is 39.1. The van der Waals surface area contributed by atoms with Crippen LogP contribution in [0, 0.1) is 11.8 Å². The molecule has 2 aliphatic rings. The number of aryl methyl sites for hydroxylation is 1. The number of esters is 1. The van der Waals surface area contributed by atoms with Crippen LogP contribution in [-0.2, 0) is 20.7 Å². The molecule has 0 saturated carbocycles. The Hall–Kier alpha value is -2.06. The Morgan fingerprint density at radius 2 is 2.03 bits per heavy atom. The van der Waals surface area contributed by atoms with E-state index in [4.69, 9.17) is 4.74 Å². The molecule has 0 aromatic heterocycles. The number of ketones is 1. The highest BCUT2D eigenvalue weighted by Crippen LogP contribution is 2.39. The number of carboxylic acid groups (broad SMARTS) is 1. The fourth-order valence-corrected chi connectivity index (χ4v) is 6.01. The summed E-state index contributed by atoms with van der Waals surface area (Å²) in [6, 6.07) is 7.91. The van der Waals surface area contributed by atoms with Gasteiger partial charge >= 0.3 is 12.1 Å². The molecular formula is C23H32N2O5S. The molecule has 1 amide bonds. The summed E-state index contributed by atoms with van der Waals surface area (Å²) in [6.07, 6.45) is 1.06. The maximum Gasteiger partial charge on any atom is 0.407 e. The van der Waals surface area contributed by atoms with Gasteiger partial charge in [-0.05, 0) is 56.1 Å². The standard InChI is InChI=1S/C23H32N2O5S/c1-3-30-22(27)19(10-9-16-7-5-4-6-8-16)24-15(2)21(26)20-18-14-31-12-11-17(18)13-25(20)23(28)29/h4-8,15,17-20,24H,3,9-14H2,1-2H3,(H,28,29)/t15?,17?,18?,19-,20-/m0/s1. The summed E-state index contributed by atoms with van der Waals surface area (Å²) in [5.74, 6) is 1.53. The number of carbonyl (C=O) groups excluding carboxylic acids is 2. The summed E-state index contributed by atoms with van der Waals surface area (Å²) in [6.45, 7) is 4.16. The fourth-order valence-electron chi connectivity index (χ4n) is 4.65. The third-order valence-corrected chi connectivity index (χ3v) is 7.42. The van der Waals surface area contributed by atoms with E-state index in [1.165, 1.54) is 4.90 Å². The van der Waals surface area contributed by atoms with Gasteiger partial charge in [-0.2, -0.15) is 11.8 Å². The van der Waals surface area contributed by atoms with Crippen LogP contribution in [0.15, 0.2) is 30.3 Å². The lowest BCUT2D eigenvalue weighted by Gasteiger charge is -2.31. The molecule has 8 heteroatoms. The van der Waals surface area contributed by atoms with E-state index in [1.807, 2.05) is 30.3 Å². The molecule has 1 aromatic carbocycles. The highest BCUT2D eigenvalue weighted by molar-refractivity contribution is 7.99. The topological polar surface area (TPSA) is 95.9 Å². The average molecular weight is 449 g/mol. The second-order valence-corrected chi connectivity index (χ2v) is 9.44. The van der Waals surface area contributed by atoms with Gasteiger partial charge in [0.2, 0.25) is 0 Å². The van der Waals surface area contributed by atoms with Gasteiger partial charge in [-0.3, -0.25) is 19.8 Å². The first-order chi connectivity index (χ1) is 14.9. The summed E-state index contributed by atoms with van der Waals surface area (Å²) in [5, 5.41) is 12.8. The molecule has 0 aliphatic carbocycles. The third kappa shape index (κ3) is 5.80. The first-order valence-electron chi connectivity index (χ1n) is 11.0. The highest BCUT2D eigenvalue weighted by Gasteiger charge is 2.49. The number of thioether (sulfide) groups is 1. The van der Waals surface area contributed by atoms with Crippen molar-refractivity contribution in [2.24, 2.45) is 11.8 Å². The summed E-state index contributed by atoms with van der Waals surface area (Å²) in [7, 11) is 0. The van der Waals surface area contributed by atoms with Gasteiger partial charge in [-0.25, -0.2) is 4.79 Å². The number of amides is 1. The Bertz CT molecular complexity index is 774. The molecule has 1 aromatic rings. The van der Waals surface area contributed by atoms with Crippen molar-refractivity contribution in [3.05, 3.63) is 35.9 Å². The lowest BCUT2D eigenvalue weighted by Crippen LogP contribution is -2.54. The number of likely N-dealkylation sites (tertiary alicyclic amines) is 1. The minimum Gasteiger partial charge on any atom is -0.465 e. The van der Waals surface area contributed by atoms with Crippen LogP contribution in [0.5, 0.6) is 0 Å². The van der Waals surface area contributed by atoms with Crippen LogP contribution in [0.2, 0.25) is 0 Å². The molecule has 2 fully saturated rings. The van der Waals surface area contributed by atoms with Crippen LogP contribution in [0.4, 0.5) is 4.79 Å². The van der Waals surface area contributed by atoms with E-state index in [0.717, 1.165) is 23.5 Å². The minimum atomic E-state index is -1.05. The minimum absolute atomic E-state index is 0.0389. The van der Waals surface area contributed by atoms with Crippen molar-refractivity contribution in [1.29, 1.82) is 0 Å². The van der Waals surface area contributed by atoms with Gasteiger partial charge in [0.25, 0.3) is 0 Å². The predicted octanol–water partition coefficient (Wildman–Crippen LogP) is 2.83. The van der Waals surface area contributed by atoms with E-state index >= 15 is 0 Å². The van der Waals surface area contributed by atoms with E-state index in [0.29, 0.717) is 19.4 Å². The van der Waals surface area contributed by atoms with Crippen LogP contribution >= 0.6 is 11.8 Å². The largest absolute Gasteiger partial charge is 0.465 e. The molecule has 0 radical (unpaired) electrons. The summed E-state index contributed by atoms with van der Waals surface area (Å²) >= 11 is 1.78. The van der Waals surface area contributed by atoms with Crippen LogP contribution in [-0.4, -0.2) is 70.6 Å². The number of hydrogen-bond acceptors (Lipinski definition) is 6. The number of nitrogens with zero attached hydrogens (tertiary/aromatic N) is 1. The van der Waals surface area contributed by atoms with E-state index < -0.39 is 24.2 Å². The number of hydrogen-bond donors (Lipinski definition) is 2. The molecule has 0 spiro atoms. The fraction of sp³-hybridized carbons (Fsp3) is 0.609. The quantitative estimate of drug-likeness (QED) is 0.561. The van der Waals surface area contributed by atoms with Crippen molar-refractivity contribution in [3.63, 3.8) is 0 Å². The molecule has 3 unspecified atom stereocenters. The maximum absolute atomic E-state index is 13.4. The van der Waals surface area contributed by atoms with Crippen molar-refractivity contribution >= 4 is 29.6 Å². The molecule has 2 heterocycles. The van der Waals surface area contributed by atoms with Gasteiger partial charge in [-0.1, -0.05) is 30.3 Å². The molecular weight excluding hydrogens is 416 g/mol. The highest BCUT2D eigenvalue weighted by atomic mass is 32.2. The van der Waals surface area contributed by atoms with Gasteiger partial charge in [0.1, 0.15) is 6.04 Å². The number of rotatable bonds is 9. The van der Waals surface area contributed by atoms with Gasteiger partial charge in [-0.15, -0.1) is 0 Å². The van der Waals surface area contributed by atoms with E-state index in [-0.39, 0.29) is 30.2 Å². The monoisotopic (exact) mass is 448 g/mol. The SMILES string of the molecule is CCOC(=O)[C@H](CCc1ccccc1)NC(C)C(=O)[C@@H]1C2CSCCC2CN1C(=O)O. The number of benzene rings is 1. The van der Waals surface area contributed by atoms with E-state index in [1.54, 1.807) is 25.6 Å². The number of Topliss-reactive ketones (excluding diaryl/α,β-unsaturated/α-hetero) is 1. The Labute approximate surface area is 187 Å². The number of carbonyl (C=O) groups is 3. The zero-order valence-electron chi connectivity index (χ0n) is 18.2. The Morgan fingerprint density at radius 3 is 2.71 bits per heavy atom. The molecule has 31 heavy (non-hydrogen) atoms. The van der Waals surface area contributed by atoms with Crippen molar-refractivity contribution in [2.75, 3.05) is 24.7 Å². The third-order valence-electron chi connectivity index (χ3n) is 6.27. The zero-order chi connectivity index (χ0) is 22.4. The maximum atomic E-state index is 13.4. The van der Waals surface area contributed by atoms with Gasteiger partial charge < -0.3 is 9.84 Å². The van der Waals surface area contributed by atoms with Gasteiger partial charge in [0.05, 0.1) is 18.7 Å². The average Bonchev–Trinajstić information content (AvgIpc) is 3.16. The van der Waals surface area contributed by atoms with Crippen molar-refractivity contribution in [2.45, 2.75) is 51.2 Å². The van der Waals surface area contributed by atoms with Crippen molar-refractivity contribution in [3.8, 4) is 0 Å². The first-order valence-corrected chi connectivity index (χ1v) is 12.2. The Morgan fingerprint density at radius 1 is 1.29 bits per heavy atom. The van der Waals surface area contributed by atoms with Gasteiger partial charge in [0.15, 0.2) is 5.78 Å². The summed E-state index contributed by atoms with van der Waals surface area (Å²) in [5.41, 5.74) is 1.10.